The van der Waals surface area contributed by atoms with Gasteiger partial charge in [-0.2, -0.15) is 0 Å². The van der Waals surface area contributed by atoms with Crippen molar-refractivity contribution in [2.75, 3.05) is 0 Å². The van der Waals surface area contributed by atoms with Gasteiger partial charge in [-0.25, -0.2) is 0 Å². The molecule has 2 heteroatoms. The van der Waals surface area contributed by atoms with Gasteiger partial charge < -0.3 is 0 Å². The minimum Gasteiger partial charge on any atom is -0.256 e. The van der Waals surface area contributed by atoms with E-state index in [9.17, 15) is 0 Å². The molecule has 0 saturated heterocycles. The van der Waals surface area contributed by atoms with E-state index < -0.39 is 0 Å². The molecular weight excluding hydrogens is 218 g/mol. The van der Waals surface area contributed by atoms with Gasteiger partial charge in [-0.3, -0.25) is 4.98 Å². The molecule has 2 rings (SSSR count). The minimum absolute atomic E-state index is 0.440. The third-order valence-electron chi connectivity index (χ3n) is 2.58. The van der Waals surface area contributed by atoms with E-state index in [0.29, 0.717) is 5.92 Å². The van der Waals surface area contributed by atoms with Crippen molar-refractivity contribution in [2.24, 2.45) is 0 Å². The molecule has 1 aromatic carbocycles. The number of nitrogens with zero attached hydrogens (tertiary/aromatic N) is 1. The zero-order valence-electron chi connectivity index (χ0n) is 9.44. The number of benzene rings is 1. The Bertz CT molecular complexity index is 477. The van der Waals surface area contributed by atoms with E-state index in [-0.39, 0.29) is 0 Å². The highest BCUT2D eigenvalue weighted by atomic mass is 35.5. The van der Waals surface area contributed by atoms with E-state index in [1.165, 1.54) is 11.1 Å². The first kappa shape index (κ1) is 11.2. The molecule has 2 aromatic rings. The van der Waals surface area contributed by atoms with Crippen molar-refractivity contribution in [1.29, 1.82) is 0 Å². The summed E-state index contributed by atoms with van der Waals surface area (Å²) in [6, 6.07) is 11.9. The zero-order valence-corrected chi connectivity index (χ0v) is 10.2. The molecule has 0 unspecified atom stereocenters. The van der Waals surface area contributed by atoms with E-state index in [1.54, 1.807) is 0 Å². The van der Waals surface area contributed by atoms with Crippen LogP contribution in [0.3, 0.4) is 0 Å². The van der Waals surface area contributed by atoms with Gasteiger partial charge in [-0.15, -0.1) is 0 Å². The molecule has 0 amide bonds. The van der Waals surface area contributed by atoms with Gasteiger partial charge in [-0.1, -0.05) is 37.6 Å². The lowest BCUT2D eigenvalue weighted by Crippen LogP contribution is -1.93. The number of halogens is 1. The topological polar surface area (TPSA) is 12.9 Å². The minimum atomic E-state index is 0.440. The number of hydrogen-bond donors (Lipinski definition) is 0. The van der Waals surface area contributed by atoms with Crippen LogP contribution in [0.5, 0.6) is 0 Å². The summed E-state index contributed by atoms with van der Waals surface area (Å²) in [4.78, 5) is 4.38. The Kier molecular flexibility index (Phi) is 3.25. The molecule has 1 aromatic heterocycles. The monoisotopic (exact) mass is 231 g/mol. The Hall–Kier alpha value is -1.34. The van der Waals surface area contributed by atoms with Crippen LogP contribution < -0.4 is 0 Å². The molecule has 0 fully saturated rings. The maximum absolute atomic E-state index is 6.03. The first-order chi connectivity index (χ1) is 7.68. The molecule has 0 radical (unpaired) electrons. The highest BCUT2D eigenvalue weighted by molar-refractivity contribution is 6.30. The first-order valence-electron chi connectivity index (χ1n) is 5.39. The number of hydrogen-bond acceptors (Lipinski definition) is 1. The van der Waals surface area contributed by atoms with E-state index in [2.05, 4.69) is 18.8 Å². The van der Waals surface area contributed by atoms with Crippen molar-refractivity contribution in [3.63, 3.8) is 0 Å². The molecule has 0 aliphatic rings. The van der Waals surface area contributed by atoms with Crippen LogP contribution in [0.1, 0.15) is 25.3 Å². The third-order valence-corrected chi connectivity index (χ3v) is 2.81. The second-order valence-electron chi connectivity index (χ2n) is 4.10. The maximum atomic E-state index is 6.03. The van der Waals surface area contributed by atoms with Gasteiger partial charge in [0, 0.05) is 16.8 Å². The lowest BCUT2D eigenvalue weighted by atomic mass is 9.95. The Labute approximate surface area is 101 Å². The molecule has 0 atom stereocenters. The van der Waals surface area contributed by atoms with Crippen LogP contribution in [0.15, 0.2) is 42.6 Å². The van der Waals surface area contributed by atoms with Gasteiger partial charge in [-0.05, 0) is 35.7 Å². The first-order valence-corrected chi connectivity index (χ1v) is 5.77. The van der Waals surface area contributed by atoms with Crippen molar-refractivity contribution in [2.45, 2.75) is 19.8 Å². The molecule has 16 heavy (non-hydrogen) atoms. The zero-order chi connectivity index (χ0) is 11.5. The van der Waals surface area contributed by atoms with E-state index in [0.717, 1.165) is 10.7 Å². The Morgan fingerprint density at radius 1 is 1.12 bits per heavy atom. The summed E-state index contributed by atoms with van der Waals surface area (Å²) < 4.78 is 0. The van der Waals surface area contributed by atoms with Crippen LogP contribution in [0.4, 0.5) is 0 Å². The van der Waals surface area contributed by atoms with Crippen LogP contribution >= 0.6 is 11.6 Å². The Morgan fingerprint density at radius 2 is 1.94 bits per heavy atom. The lowest BCUT2D eigenvalue weighted by molar-refractivity contribution is 0.868. The van der Waals surface area contributed by atoms with E-state index in [4.69, 9.17) is 11.6 Å². The molecule has 0 spiro atoms. The predicted octanol–water partition coefficient (Wildman–Crippen LogP) is 4.53. The van der Waals surface area contributed by atoms with Gasteiger partial charge in [0.2, 0.25) is 0 Å². The van der Waals surface area contributed by atoms with Crippen molar-refractivity contribution < 1.29 is 0 Å². The second kappa shape index (κ2) is 4.67. The summed E-state index contributed by atoms with van der Waals surface area (Å²) in [6.07, 6.45) is 1.81. The van der Waals surface area contributed by atoms with Crippen LogP contribution in [-0.4, -0.2) is 4.98 Å². The smallest absolute Gasteiger partial charge is 0.0704 e. The number of pyridine rings is 1. The molecular formula is C14H14ClN. The molecule has 0 aliphatic carbocycles. The molecule has 0 aliphatic heterocycles. The largest absolute Gasteiger partial charge is 0.256 e. The van der Waals surface area contributed by atoms with Crippen LogP contribution in [-0.2, 0) is 0 Å². The highest BCUT2D eigenvalue weighted by Crippen LogP contribution is 2.30. The Balaban J connectivity index is 2.57. The van der Waals surface area contributed by atoms with Crippen LogP contribution in [0.25, 0.3) is 11.3 Å². The lowest BCUT2D eigenvalue weighted by Gasteiger charge is -2.12. The molecule has 1 nitrogen and oxygen atoms in total. The van der Waals surface area contributed by atoms with Crippen molar-refractivity contribution in [1.82, 2.24) is 4.98 Å². The molecule has 1 heterocycles. The SMILES string of the molecule is CC(C)c1cc(Cl)ccc1-c1ccccn1. The molecule has 0 N–H and O–H groups in total. The number of rotatable bonds is 2. The maximum Gasteiger partial charge on any atom is 0.0704 e. The van der Waals surface area contributed by atoms with Gasteiger partial charge >= 0.3 is 0 Å². The average Bonchev–Trinajstić information content (AvgIpc) is 2.30. The van der Waals surface area contributed by atoms with Crippen LogP contribution in [0.2, 0.25) is 5.02 Å². The summed E-state index contributed by atoms with van der Waals surface area (Å²) in [6.45, 7) is 4.33. The van der Waals surface area contributed by atoms with Crippen LogP contribution in [0, 0.1) is 0 Å². The van der Waals surface area contributed by atoms with Gasteiger partial charge in [0.05, 0.1) is 5.69 Å². The molecule has 82 valence electrons. The summed E-state index contributed by atoms with van der Waals surface area (Å²) in [7, 11) is 0. The highest BCUT2D eigenvalue weighted by Gasteiger charge is 2.09. The predicted molar refractivity (Wildman–Crippen MR) is 68.8 cm³/mol. The fourth-order valence-corrected chi connectivity index (χ4v) is 1.95. The van der Waals surface area contributed by atoms with Crippen molar-refractivity contribution >= 4 is 11.6 Å². The van der Waals surface area contributed by atoms with E-state index in [1.807, 2.05) is 42.6 Å². The van der Waals surface area contributed by atoms with Crippen molar-refractivity contribution in [3.8, 4) is 11.3 Å². The summed E-state index contributed by atoms with van der Waals surface area (Å²) >= 11 is 6.03. The summed E-state index contributed by atoms with van der Waals surface area (Å²) in [5.74, 6) is 0.440. The fourth-order valence-electron chi connectivity index (χ4n) is 1.77. The average molecular weight is 232 g/mol. The third kappa shape index (κ3) is 2.25. The van der Waals surface area contributed by atoms with Crippen molar-refractivity contribution in [3.05, 3.63) is 53.2 Å². The van der Waals surface area contributed by atoms with Gasteiger partial charge in [0.1, 0.15) is 0 Å². The standard InChI is InChI=1S/C14H14ClN/c1-10(2)13-9-11(15)6-7-12(13)14-5-3-4-8-16-14/h3-10H,1-2H3. The quantitative estimate of drug-likeness (QED) is 0.740. The molecule has 0 bridgehead atoms. The van der Waals surface area contributed by atoms with Gasteiger partial charge in [0.15, 0.2) is 0 Å². The molecule has 0 saturated carbocycles. The van der Waals surface area contributed by atoms with E-state index >= 15 is 0 Å². The normalized spacial score (nSPS) is 10.8. The Morgan fingerprint density at radius 3 is 2.56 bits per heavy atom. The fraction of sp³-hybridized carbons (Fsp3) is 0.214. The van der Waals surface area contributed by atoms with Gasteiger partial charge in [0.25, 0.3) is 0 Å². The second-order valence-corrected chi connectivity index (χ2v) is 4.54. The summed E-state index contributed by atoms with van der Waals surface area (Å²) in [5, 5.41) is 0.781. The number of aromatic nitrogens is 1. The summed E-state index contributed by atoms with van der Waals surface area (Å²) in [5.41, 5.74) is 3.41.